The number of rotatable bonds is 4. The third-order valence-corrected chi connectivity index (χ3v) is 7.04. The second kappa shape index (κ2) is 10.5. The number of amides is 2. The van der Waals surface area contributed by atoms with E-state index in [1.165, 1.54) is 11.1 Å². The SMILES string of the molecule is O=C(NNC(=O)C1CCNCC1)c1c(Cl)cnc2ccc(N3C[C@@H](F)C[C@@H]3c3cc(F)ccc3F)nc12. The highest BCUT2D eigenvalue weighted by Gasteiger charge is 2.36. The van der Waals surface area contributed by atoms with Crippen LogP contribution < -0.4 is 21.1 Å². The lowest BCUT2D eigenvalue weighted by atomic mass is 9.98. The first-order valence-corrected chi connectivity index (χ1v) is 12.3. The predicted octanol–water partition coefficient (Wildman–Crippen LogP) is 3.61. The first-order chi connectivity index (χ1) is 17.8. The number of pyridine rings is 2. The molecule has 0 bridgehead atoms. The van der Waals surface area contributed by atoms with Crippen molar-refractivity contribution in [2.24, 2.45) is 5.92 Å². The Hall–Kier alpha value is -3.44. The maximum Gasteiger partial charge on any atom is 0.273 e. The maximum atomic E-state index is 14.5. The number of halogens is 4. The quantitative estimate of drug-likeness (QED) is 0.444. The Kier molecular flexibility index (Phi) is 7.16. The number of hydrogen-bond donors (Lipinski definition) is 3. The number of hydrazine groups is 1. The number of fused-ring (bicyclic) bond motifs is 1. The third kappa shape index (κ3) is 5.19. The summed E-state index contributed by atoms with van der Waals surface area (Å²) in [7, 11) is 0. The first kappa shape index (κ1) is 25.2. The molecule has 3 N–H and O–H groups in total. The molecule has 0 unspecified atom stereocenters. The summed E-state index contributed by atoms with van der Waals surface area (Å²) in [4.78, 5) is 35.8. The molecule has 2 saturated heterocycles. The van der Waals surface area contributed by atoms with E-state index in [0.717, 1.165) is 31.3 Å². The normalized spacial score (nSPS) is 20.3. The van der Waals surface area contributed by atoms with Gasteiger partial charge in [0.1, 0.15) is 29.1 Å². The van der Waals surface area contributed by atoms with Crippen LogP contribution in [0.25, 0.3) is 11.0 Å². The second-order valence-corrected chi connectivity index (χ2v) is 9.56. The van der Waals surface area contributed by atoms with Crippen molar-refractivity contribution < 1.29 is 22.8 Å². The van der Waals surface area contributed by atoms with Gasteiger partial charge in [-0.3, -0.25) is 25.4 Å². The highest BCUT2D eigenvalue weighted by Crippen LogP contribution is 2.39. The summed E-state index contributed by atoms with van der Waals surface area (Å²) in [6.07, 6.45) is 1.26. The molecule has 1 aromatic carbocycles. The van der Waals surface area contributed by atoms with E-state index in [1.54, 1.807) is 12.1 Å². The van der Waals surface area contributed by atoms with Gasteiger partial charge >= 0.3 is 0 Å². The molecule has 194 valence electrons. The van der Waals surface area contributed by atoms with E-state index in [-0.39, 0.29) is 52.3 Å². The zero-order valence-electron chi connectivity index (χ0n) is 19.6. The van der Waals surface area contributed by atoms with Gasteiger partial charge in [-0.2, -0.15) is 0 Å². The Balaban J connectivity index is 1.45. The van der Waals surface area contributed by atoms with E-state index in [1.807, 2.05) is 0 Å². The molecule has 2 fully saturated rings. The standard InChI is InChI=1S/C25H24ClF3N6O2/c26-17-11-31-19-3-4-21(35-12-15(28)10-20(35)16-9-14(27)1-2-18(16)29)32-23(19)22(17)25(37)34-33-24(36)13-5-7-30-8-6-13/h1-4,9,11,13,15,20,30H,5-8,10,12H2,(H,33,36)(H,34,37)/t15-,20+/m0/s1. The van der Waals surface area contributed by atoms with Gasteiger partial charge in [0.05, 0.1) is 28.7 Å². The van der Waals surface area contributed by atoms with Crippen LogP contribution in [-0.2, 0) is 4.79 Å². The number of anilines is 1. The van der Waals surface area contributed by atoms with Crippen LogP contribution in [0.4, 0.5) is 19.0 Å². The third-order valence-electron chi connectivity index (χ3n) is 6.75. The van der Waals surface area contributed by atoms with Crippen LogP contribution in [0.2, 0.25) is 5.02 Å². The van der Waals surface area contributed by atoms with E-state index in [2.05, 4.69) is 26.1 Å². The van der Waals surface area contributed by atoms with Gasteiger partial charge in [0, 0.05) is 24.1 Å². The van der Waals surface area contributed by atoms with E-state index >= 15 is 0 Å². The van der Waals surface area contributed by atoms with Gasteiger partial charge in [-0.1, -0.05) is 11.6 Å². The van der Waals surface area contributed by atoms with Crippen LogP contribution in [0.3, 0.4) is 0 Å². The minimum atomic E-state index is -1.30. The van der Waals surface area contributed by atoms with Crippen molar-refractivity contribution in [3.05, 3.63) is 64.3 Å². The van der Waals surface area contributed by atoms with Crippen LogP contribution in [0.5, 0.6) is 0 Å². The van der Waals surface area contributed by atoms with Gasteiger partial charge in [0.15, 0.2) is 0 Å². The largest absolute Gasteiger partial charge is 0.346 e. The number of alkyl halides is 1. The Morgan fingerprint density at radius 1 is 1.11 bits per heavy atom. The Morgan fingerprint density at radius 2 is 1.89 bits per heavy atom. The first-order valence-electron chi connectivity index (χ1n) is 11.9. The van der Waals surface area contributed by atoms with Gasteiger partial charge in [0.2, 0.25) is 5.91 Å². The number of carbonyl (C=O) groups is 2. The van der Waals surface area contributed by atoms with Crippen LogP contribution in [0.1, 0.15) is 41.2 Å². The topological polar surface area (TPSA) is 99.2 Å². The molecule has 0 aliphatic carbocycles. The lowest BCUT2D eigenvalue weighted by Gasteiger charge is -2.26. The van der Waals surface area contributed by atoms with Gasteiger partial charge < -0.3 is 10.2 Å². The van der Waals surface area contributed by atoms with Crippen LogP contribution in [0.15, 0.2) is 36.5 Å². The number of benzene rings is 1. The lowest BCUT2D eigenvalue weighted by Crippen LogP contribution is -2.46. The molecule has 2 atom stereocenters. The monoisotopic (exact) mass is 532 g/mol. The smallest absolute Gasteiger partial charge is 0.273 e. The van der Waals surface area contributed by atoms with Gasteiger partial charge in [-0.15, -0.1) is 0 Å². The zero-order valence-corrected chi connectivity index (χ0v) is 20.4. The Morgan fingerprint density at radius 3 is 2.68 bits per heavy atom. The van der Waals surface area contributed by atoms with Crippen LogP contribution in [0, 0.1) is 17.6 Å². The van der Waals surface area contributed by atoms with Crippen molar-refractivity contribution in [2.75, 3.05) is 24.5 Å². The molecular formula is C25H24ClF3N6O2. The summed E-state index contributed by atoms with van der Waals surface area (Å²) in [5.41, 5.74) is 5.30. The molecule has 0 saturated carbocycles. The molecular weight excluding hydrogens is 509 g/mol. The minimum absolute atomic E-state index is 0.00304. The van der Waals surface area contributed by atoms with Crippen LogP contribution in [-0.4, -0.2) is 47.6 Å². The van der Waals surface area contributed by atoms with Gasteiger partial charge in [-0.05, 0) is 56.3 Å². The summed E-state index contributed by atoms with van der Waals surface area (Å²) in [5, 5.41) is 3.17. The summed E-state index contributed by atoms with van der Waals surface area (Å²) in [6.45, 7) is 1.34. The average molecular weight is 533 g/mol. The van der Waals surface area contributed by atoms with Gasteiger partial charge in [-0.25, -0.2) is 18.2 Å². The fourth-order valence-corrected chi connectivity index (χ4v) is 5.10. The Bertz CT molecular complexity index is 1350. The molecule has 2 aliphatic rings. The second-order valence-electron chi connectivity index (χ2n) is 9.15. The average Bonchev–Trinajstić information content (AvgIpc) is 3.29. The number of carbonyl (C=O) groups excluding carboxylic acids is 2. The number of hydrogen-bond acceptors (Lipinski definition) is 6. The predicted molar refractivity (Wildman–Crippen MR) is 132 cm³/mol. The molecule has 2 aliphatic heterocycles. The number of piperidine rings is 1. The number of nitrogens with one attached hydrogen (secondary N) is 3. The molecule has 3 aromatic rings. The fourth-order valence-electron chi connectivity index (χ4n) is 4.88. The van der Waals surface area contributed by atoms with Crippen molar-refractivity contribution in [1.82, 2.24) is 26.1 Å². The fraction of sp³-hybridized carbons (Fsp3) is 0.360. The molecule has 2 amide bonds. The minimum Gasteiger partial charge on any atom is -0.346 e. The zero-order chi connectivity index (χ0) is 26.1. The molecule has 0 spiro atoms. The van der Waals surface area contributed by atoms with Crippen molar-refractivity contribution in [3.63, 3.8) is 0 Å². The van der Waals surface area contributed by atoms with E-state index in [4.69, 9.17) is 11.6 Å². The Labute approximate surface area is 215 Å². The molecule has 4 heterocycles. The van der Waals surface area contributed by atoms with Crippen molar-refractivity contribution in [2.45, 2.75) is 31.5 Å². The van der Waals surface area contributed by atoms with E-state index in [0.29, 0.717) is 18.4 Å². The highest BCUT2D eigenvalue weighted by atomic mass is 35.5. The van der Waals surface area contributed by atoms with E-state index < -0.39 is 29.8 Å². The molecule has 12 heteroatoms. The molecule has 5 rings (SSSR count). The highest BCUT2D eigenvalue weighted by molar-refractivity contribution is 6.35. The molecule has 8 nitrogen and oxygen atoms in total. The number of nitrogens with zero attached hydrogens (tertiary/aromatic N) is 3. The summed E-state index contributed by atoms with van der Waals surface area (Å²) in [6, 6.07) is 5.42. The van der Waals surface area contributed by atoms with Crippen LogP contribution >= 0.6 is 11.6 Å². The van der Waals surface area contributed by atoms with Crippen molar-refractivity contribution >= 4 is 40.3 Å². The molecule has 37 heavy (non-hydrogen) atoms. The molecule has 0 radical (unpaired) electrons. The summed E-state index contributed by atoms with van der Waals surface area (Å²) in [5.74, 6) is -2.25. The lowest BCUT2D eigenvalue weighted by molar-refractivity contribution is -0.126. The van der Waals surface area contributed by atoms with E-state index in [9.17, 15) is 22.8 Å². The molecule has 2 aromatic heterocycles. The summed E-state index contributed by atoms with van der Waals surface area (Å²) < 4.78 is 42.9. The van der Waals surface area contributed by atoms with Crippen molar-refractivity contribution in [3.8, 4) is 0 Å². The number of aromatic nitrogens is 2. The maximum absolute atomic E-state index is 14.5. The summed E-state index contributed by atoms with van der Waals surface area (Å²) >= 11 is 6.31. The van der Waals surface area contributed by atoms with Gasteiger partial charge in [0.25, 0.3) is 5.91 Å². The van der Waals surface area contributed by atoms with Crippen molar-refractivity contribution in [1.29, 1.82) is 0 Å².